The molecule has 1 fully saturated rings. The van der Waals surface area contributed by atoms with Crippen molar-refractivity contribution in [3.63, 3.8) is 0 Å². The van der Waals surface area contributed by atoms with E-state index in [-0.39, 0.29) is 11.9 Å². The Balaban J connectivity index is 1.41. The first kappa shape index (κ1) is 19.6. The van der Waals surface area contributed by atoms with E-state index in [1.54, 1.807) is 30.5 Å². The van der Waals surface area contributed by atoms with E-state index in [0.717, 1.165) is 31.9 Å². The van der Waals surface area contributed by atoms with Gasteiger partial charge in [0.05, 0.1) is 12.3 Å². The lowest BCUT2D eigenvalue weighted by Gasteiger charge is -2.39. The molecule has 1 atom stereocenters. The lowest BCUT2D eigenvalue weighted by molar-refractivity contribution is 0.0923. The number of anilines is 1. The summed E-state index contributed by atoms with van der Waals surface area (Å²) in [7, 11) is 0. The Morgan fingerprint density at radius 3 is 2.48 bits per heavy atom. The van der Waals surface area contributed by atoms with Crippen LogP contribution in [0.25, 0.3) is 0 Å². The topological polar surface area (TPSA) is 48.7 Å². The highest BCUT2D eigenvalue weighted by Crippen LogP contribution is 2.24. The Kier molecular flexibility index (Phi) is 6.17. The molecule has 0 aliphatic carbocycles. The number of carbonyl (C=O) groups excluding carboxylic acids is 1. The summed E-state index contributed by atoms with van der Waals surface area (Å²) in [6.07, 6.45) is 1.68. The van der Waals surface area contributed by atoms with Crippen LogP contribution in [0, 0.1) is 0 Å². The molecule has 1 aromatic heterocycles. The van der Waals surface area contributed by atoms with Crippen LogP contribution in [0.3, 0.4) is 0 Å². The van der Waals surface area contributed by atoms with E-state index in [1.165, 1.54) is 5.69 Å². The van der Waals surface area contributed by atoms with Gasteiger partial charge in [0.1, 0.15) is 5.76 Å². The molecule has 0 bridgehead atoms. The van der Waals surface area contributed by atoms with Crippen molar-refractivity contribution in [2.45, 2.75) is 6.04 Å². The predicted octanol–water partition coefficient (Wildman–Crippen LogP) is 4.23. The highest BCUT2D eigenvalue weighted by atomic mass is 35.5. The molecule has 0 spiro atoms. The molecule has 150 valence electrons. The van der Waals surface area contributed by atoms with Crippen LogP contribution in [-0.4, -0.2) is 43.5 Å². The molecule has 1 aliphatic rings. The fourth-order valence-corrected chi connectivity index (χ4v) is 3.93. The van der Waals surface area contributed by atoms with Crippen LogP contribution in [0.1, 0.15) is 22.2 Å². The molecule has 29 heavy (non-hydrogen) atoms. The Morgan fingerprint density at radius 2 is 1.79 bits per heavy atom. The standard InChI is InChI=1S/C23H24ClN3O2/c24-19-7-4-6-18(16-19)23(28)25-17-21(22-10-5-15-29-22)27-13-11-26(12-14-27)20-8-2-1-3-9-20/h1-10,15-16,21H,11-14,17H2,(H,25,28). The van der Waals surface area contributed by atoms with Crippen LogP contribution in [-0.2, 0) is 0 Å². The molecule has 2 aromatic carbocycles. The van der Waals surface area contributed by atoms with Crippen molar-refractivity contribution in [1.82, 2.24) is 10.2 Å². The van der Waals surface area contributed by atoms with Gasteiger partial charge >= 0.3 is 0 Å². The summed E-state index contributed by atoms with van der Waals surface area (Å²) in [6.45, 7) is 4.14. The molecule has 5 nitrogen and oxygen atoms in total. The third-order valence-corrected chi connectivity index (χ3v) is 5.53. The number of amides is 1. The number of piperazine rings is 1. The van der Waals surface area contributed by atoms with Crippen molar-refractivity contribution in [3.05, 3.63) is 89.3 Å². The summed E-state index contributed by atoms with van der Waals surface area (Å²) >= 11 is 6.01. The number of furan rings is 1. The minimum Gasteiger partial charge on any atom is -0.468 e. The van der Waals surface area contributed by atoms with Crippen LogP contribution in [0.5, 0.6) is 0 Å². The molecular formula is C23H24ClN3O2. The molecule has 1 unspecified atom stereocenters. The Bertz CT molecular complexity index is 922. The van der Waals surface area contributed by atoms with Gasteiger partial charge in [0.25, 0.3) is 5.91 Å². The molecule has 1 saturated heterocycles. The normalized spacial score (nSPS) is 15.8. The average molecular weight is 410 g/mol. The largest absolute Gasteiger partial charge is 0.468 e. The van der Waals surface area contributed by atoms with Gasteiger partial charge in [-0.2, -0.15) is 0 Å². The summed E-state index contributed by atoms with van der Waals surface area (Å²) in [5, 5.41) is 3.59. The van der Waals surface area contributed by atoms with Gasteiger partial charge in [-0.15, -0.1) is 0 Å². The highest BCUT2D eigenvalue weighted by Gasteiger charge is 2.27. The van der Waals surface area contributed by atoms with Crippen LogP contribution in [0.2, 0.25) is 5.02 Å². The molecular weight excluding hydrogens is 386 g/mol. The van der Waals surface area contributed by atoms with Crippen LogP contribution >= 0.6 is 11.6 Å². The van der Waals surface area contributed by atoms with Crippen molar-refractivity contribution in [2.75, 3.05) is 37.6 Å². The number of benzene rings is 2. The van der Waals surface area contributed by atoms with Crippen LogP contribution in [0.4, 0.5) is 5.69 Å². The monoisotopic (exact) mass is 409 g/mol. The van der Waals surface area contributed by atoms with E-state index in [4.69, 9.17) is 16.0 Å². The van der Waals surface area contributed by atoms with Crippen molar-refractivity contribution < 1.29 is 9.21 Å². The molecule has 1 aliphatic heterocycles. The maximum atomic E-state index is 12.6. The zero-order chi connectivity index (χ0) is 20.1. The lowest BCUT2D eigenvalue weighted by atomic mass is 10.1. The second-order valence-corrected chi connectivity index (χ2v) is 7.55. The van der Waals surface area contributed by atoms with Gasteiger partial charge in [-0.3, -0.25) is 9.69 Å². The summed E-state index contributed by atoms with van der Waals surface area (Å²) in [5.74, 6) is 0.733. The fraction of sp³-hybridized carbons (Fsp3) is 0.261. The summed E-state index contributed by atoms with van der Waals surface area (Å²) in [6, 6.07) is 21.3. The number of nitrogens with zero attached hydrogens (tertiary/aromatic N) is 2. The molecule has 3 aromatic rings. The van der Waals surface area contributed by atoms with E-state index >= 15 is 0 Å². The Labute approximate surface area is 175 Å². The van der Waals surface area contributed by atoms with E-state index in [0.29, 0.717) is 17.1 Å². The van der Waals surface area contributed by atoms with Gasteiger partial charge in [0.15, 0.2) is 0 Å². The third-order valence-electron chi connectivity index (χ3n) is 5.29. The maximum absolute atomic E-state index is 12.6. The molecule has 1 N–H and O–H groups in total. The van der Waals surface area contributed by atoms with Crippen LogP contribution < -0.4 is 10.2 Å². The highest BCUT2D eigenvalue weighted by molar-refractivity contribution is 6.30. The average Bonchev–Trinajstić information content (AvgIpc) is 3.29. The van der Waals surface area contributed by atoms with Gasteiger partial charge in [0.2, 0.25) is 0 Å². The van der Waals surface area contributed by atoms with E-state index in [1.807, 2.05) is 18.2 Å². The smallest absolute Gasteiger partial charge is 0.251 e. The quantitative estimate of drug-likeness (QED) is 0.662. The molecule has 2 heterocycles. The molecule has 4 rings (SSSR count). The van der Waals surface area contributed by atoms with Crippen molar-refractivity contribution in [3.8, 4) is 0 Å². The summed E-state index contributed by atoms with van der Waals surface area (Å²) < 4.78 is 5.69. The van der Waals surface area contributed by atoms with Gasteiger partial charge in [-0.05, 0) is 42.5 Å². The first-order chi connectivity index (χ1) is 14.2. The van der Waals surface area contributed by atoms with Crippen molar-refractivity contribution >= 4 is 23.2 Å². The number of hydrogen-bond acceptors (Lipinski definition) is 4. The second-order valence-electron chi connectivity index (χ2n) is 7.11. The van der Waals surface area contributed by atoms with Gasteiger partial charge in [-0.25, -0.2) is 0 Å². The number of halogens is 1. The lowest BCUT2D eigenvalue weighted by Crippen LogP contribution is -2.49. The van der Waals surface area contributed by atoms with Gasteiger partial charge in [0, 0.05) is 49.0 Å². The first-order valence-corrected chi connectivity index (χ1v) is 10.2. The number of rotatable bonds is 6. The molecule has 1 amide bonds. The molecule has 0 radical (unpaired) electrons. The maximum Gasteiger partial charge on any atom is 0.251 e. The van der Waals surface area contributed by atoms with E-state index in [2.05, 4.69) is 39.4 Å². The minimum atomic E-state index is -0.132. The SMILES string of the molecule is O=C(NCC(c1ccco1)N1CCN(c2ccccc2)CC1)c1cccc(Cl)c1. The predicted molar refractivity (Wildman–Crippen MR) is 115 cm³/mol. The van der Waals surface area contributed by atoms with E-state index in [9.17, 15) is 4.79 Å². The van der Waals surface area contributed by atoms with Crippen molar-refractivity contribution in [2.24, 2.45) is 0 Å². The summed E-state index contributed by atoms with van der Waals surface area (Å²) in [4.78, 5) is 17.3. The van der Waals surface area contributed by atoms with Gasteiger partial charge in [-0.1, -0.05) is 35.9 Å². The minimum absolute atomic E-state index is 0.00828. The Hall–Kier alpha value is -2.76. The first-order valence-electron chi connectivity index (χ1n) is 9.82. The zero-order valence-corrected chi connectivity index (χ0v) is 16.9. The Morgan fingerprint density at radius 1 is 1.00 bits per heavy atom. The number of hydrogen-bond donors (Lipinski definition) is 1. The van der Waals surface area contributed by atoms with Crippen molar-refractivity contribution in [1.29, 1.82) is 0 Å². The summed E-state index contributed by atoms with van der Waals surface area (Å²) in [5.41, 5.74) is 1.81. The number of nitrogens with one attached hydrogen (secondary N) is 1. The zero-order valence-electron chi connectivity index (χ0n) is 16.1. The number of para-hydroxylation sites is 1. The number of carbonyl (C=O) groups is 1. The molecule has 6 heteroatoms. The third kappa shape index (κ3) is 4.81. The second kappa shape index (κ2) is 9.16. The van der Waals surface area contributed by atoms with Crippen LogP contribution in [0.15, 0.2) is 77.4 Å². The fourth-order valence-electron chi connectivity index (χ4n) is 3.74. The van der Waals surface area contributed by atoms with E-state index < -0.39 is 0 Å². The molecule has 0 saturated carbocycles. The van der Waals surface area contributed by atoms with Gasteiger partial charge < -0.3 is 14.6 Å².